The molecule has 1 atom stereocenters. The maximum absolute atomic E-state index is 12.1. The average molecular weight is 278 g/mol. The fourth-order valence-corrected chi connectivity index (χ4v) is 2.64. The number of aromatic nitrogens is 2. The van der Waals surface area contributed by atoms with Gasteiger partial charge in [0.1, 0.15) is 12.4 Å². The zero-order valence-electron chi connectivity index (χ0n) is 11.1. The molecule has 6 heteroatoms. The van der Waals surface area contributed by atoms with E-state index in [4.69, 9.17) is 5.73 Å². The standard InChI is InChI=1S/C13H18N4OS/c1-10(8-11-4-3-7-19-11)16(2)13(18)9-17-6-5-12(14)15-17/h3-7,10H,8-9H2,1-2H3,(H2,14,15). The van der Waals surface area contributed by atoms with Crippen molar-refractivity contribution in [3.63, 3.8) is 0 Å². The van der Waals surface area contributed by atoms with Crippen molar-refractivity contribution in [1.82, 2.24) is 14.7 Å². The van der Waals surface area contributed by atoms with E-state index in [0.29, 0.717) is 5.82 Å². The van der Waals surface area contributed by atoms with Crippen LogP contribution in [0.1, 0.15) is 11.8 Å². The van der Waals surface area contributed by atoms with Crippen molar-refractivity contribution < 1.29 is 4.79 Å². The fraction of sp³-hybridized carbons (Fsp3) is 0.385. The molecule has 0 saturated carbocycles. The minimum absolute atomic E-state index is 0.0344. The molecule has 0 aliphatic rings. The molecule has 0 spiro atoms. The number of carbonyl (C=O) groups excluding carboxylic acids is 1. The van der Waals surface area contributed by atoms with Gasteiger partial charge in [-0.25, -0.2) is 0 Å². The first-order valence-corrected chi connectivity index (χ1v) is 7.01. The van der Waals surface area contributed by atoms with Crippen LogP contribution < -0.4 is 5.73 Å². The Kier molecular flexibility index (Phi) is 4.21. The summed E-state index contributed by atoms with van der Waals surface area (Å²) in [4.78, 5) is 15.2. The normalized spacial score (nSPS) is 12.3. The summed E-state index contributed by atoms with van der Waals surface area (Å²) in [5, 5.41) is 6.07. The summed E-state index contributed by atoms with van der Waals surface area (Å²) in [5.74, 6) is 0.467. The van der Waals surface area contributed by atoms with Gasteiger partial charge in [-0.1, -0.05) is 6.07 Å². The number of hydrogen-bond acceptors (Lipinski definition) is 4. The molecule has 1 unspecified atom stereocenters. The third-order valence-corrected chi connectivity index (χ3v) is 3.99. The van der Waals surface area contributed by atoms with E-state index in [1.54, 1.807) is 33.2 Å². The van der Waals surface area contributed by atoms with E-state index in [0.717, 1.165) is 6.42 Å². The molecule has 0 aliphatic carbocycles. The lowest BCUT2D eigenvalue weighted by atomic mass is 10.2. The van der Waals surface area contributed by atoms with Crippen LogP contribution in [0.25, 0.3) is 0 Å². The number of rotatable bonds is 5. The number of carbonyl (C=O) groups is 1. The largest absolute Gasteiger partial charge is 0.382 e. The predicted octanol–water partition coefficient (Wildman–Crippen LogP) is 1.62. The minimum Gasteiger partial charge on any atom is -0.382 e. The first kappa shape index (κ1) is 13.6. The summed E-state index contributed by atoms with van der Waals surface area (Å²) >= 11 is 1.72. The van der Waals surface area contributed by atoms with Gasteiger partial charge >= 0.3 is 0 Å². The van der Waals surface area contributed by atoms with Crippen molar-refractivity contribution in [3.05, 3.63) is 34.7 Å². The highest BCUT2D eigenvalue weighted by Crippen LogP contribution is 2.13. The summed E-state index contributed by atoms with van der Waals surface area (Å²) in [5.41, 5.74) is 5.53. The van der Waals surface area contributed by atoms with Gasteiger partial charge in [-0.15, -0.1) is 11.3 Å². The third kappa shape index (κ3) is 3.57. The van der Waals surface area contributed by atoms with E-state index < -0.39 is 0 Å². The summed E-state index contributed by atoms with van der Waals surface area (Å²) in [6.07, 6.45) is 2.59. The van der Waals surface area contributed by atoms with Crippen LogP contribution in [0.15, 0.2) is 29.8 Å². The summed E-state index contributed by atoms with van der Waals surface area (Å²) in [7, 11) is 1.83. The Bertz CT molecular complexity index is 535. The van der Waals surface area contributed by atoms with Crippen LogP contribution in [-0.2, 0) is 17.8 Å². The zero-order chi connectivity index (χ0) is 13.8. The smallest absolute Gasteiger partial charge is 0.244 e. The van der Waals surface area contributed by atoms with Gasteiger partial charge in [0, 0.05) is 30.6 Å². The molecule has 0 saturated heterocycles. The van der Waals surface area contributed by atoms with Crippen molar-refractivity contribution in [2.24, 2.45) is 0 Å². The second-order valence-corrected chi connectivity index (χ2v) is 5.61. The molecule has 2 rings (SSSR count). The molecule has 0 fully saturated rings. The van der Waals surface area contributed by atoms with Gasteiger partial charge in [-0.05, 0) is 24.4 Å². The predicted molar refractivity (Wildman–Crippen MR) is 76.9 cm³/mol. The quantitative estimate of drug-likeness (QED) is 0.904. The number of hydrogen-bond donors (Lipinski definition) is 1. The lowest BCUT2D eigenvalue weighted by Gasteiger charge is -2.24. The molecule has 0 aliphatic heterocycles. The van der Waals surface area contributed by atoms with Crippen LogP contribution in [0.5, 0.6) is 0 Å². The number of amides is 1. The summed E-state index contributed by atoms with van der Waals surface area (Å²) < 4.78 is 1.56. The highest BCUT2D eigenvalue weighted by molar-refractivity contribution is 7.09. The molecule has 2 N–H and O–H groups in total. The summed E-state index contributed by atoms with van der Waals surface area (Å²) in [6, 6.07) is 5.97. The van der Waals surface area contributed by atoms with E-state index in [1.165, 1.54) is 4.88 Å². The lowest BCUT2D eigenvalue weighted by molar-refractivity contribution is -0.132. The van der Waals surface area contributed by atoms with E-state index in [2.05, 4.69) is 23.5 Å². The second-order valence-electron chi connectivity index (χ2n) is 4.58. The van der Waals surface area contributed by atoms with Crippen molar-refractivity contribution in [2.75, 3.05) is 12.8 Å². The highest BCUT2D eigenvalue weighted by Gasteiger charge is 2.17. The van der Waals surface area contributed by atoms with E-state index in [9.17, 15) is 4.79 Å². The number of thiophene rings is 1. The molecule has 1 amide bonds. The van der Waals surface area contributed by atoms with Crippen LogP contribution in [0.4, 0.5) is 5.82 Å². The van der Waals surface area contributed by atoms with Crippen molar-refractivity contribution in [2.45, 2.75) is 25.9 Å². The fourth-order valence-electron chi connectivity index (χ4n) is 1.82. The van der Waals surface area contributed by atoms with Gasteiger partial charge in [-0.2, -0.15) is 5.10 Å². The first-order valence-electron chi connectivity index (χ1n) is 6.13. The topological polar surface area (TPSA) is 64.2 Å². The monoisotopic (exact) mass is 278 g/mol. The van der Waals surface area contributed by atoms with Crippen LogP contribution in [-0.4, -0.2) is 33.7 Å². The number of nitrogens with zero attached hydrogens (tertiary/aromatic N) is 3. The second kappa shape index (κ2) is 5.88. The number of anilines is 1. The first-order chi connectivity index (χ1) is 9.06. The minimum atomic E-state index is 0.0344. The Balaban J connectivity index is 1.91. The highest BCUT2D eigenvalue weighted by atomic mass is 32.1. The lowest BCUT2D eigenvalue weighted by Crippen LogP contribution is -2.38. The molecule has 102 valence electrons. The van der Waals surface area contributed by atoms with Crippen LogP contribution in [0, 0.1) is 0 Å². The van der Waals surface area contributed by atoms with Gasteiger partial charge < -0.3 is 10.6 Å². The van der Waals surface area contributed by atoms with E-state index >= 15 is 0 Å². The Morgan fingerprint density at radius 2 is 2.37 bits per heavy atom. The van der Waals surface area contributed by atoms with Gasteiger partial charge in [0.15, 0.2) is 0 Å². The molecular formula is C13H18N4OS. The molecule has 2 heterocycles. The number of nitrogen functional groups attached to an aromatic ring is 1. The van der Waals surface area contributed by atoms with Crippen LogP contribution in [0.3, 0.4) is 0 Å². The Hall–Kier alpha value is -1.82. The third-order valence-electron chi connectivity index (χ3n) is 3.09. The van der Waals surface area contributed by atoms with Gasteiger partial charge in [0.25, 0.3) is 0 Å². The van der Waals surface area contributed by atoms with Gasteiger partial charge in [0.05, 0.1) is 0 Å². The van der Waals surface area contributed by atoms with E-state index in [-0.39, 0.29) is 18.5 Å². The molecule has 2 aromatic rings. The Labute approximate surface area is 116 Å². The molecular weight excluding hydrogens is 260 g/mol. The SMILES string of the molecule is CC(Cc1cccs1)N(C)C(=O)Cn1ccc(N)n1. The maximum atomic E-state index is 12.1. The summed E-state index contributed by atoms with van der Waals surface area (Å²) in [6.45, 7) is 2.28. The van der Waals surface area contributed by atoms with E-state index in [1.807, 2.05) is 13.1 Å². The maximum Gasteiger partial charge on any atom is 0.244 e. The van der Waals surface area contributed by atoms with Gasteiger partial charge in [0.2, 0.25) is 5.91 Å². The Morgan fingerprint density at radius 3 is 2.95 bits per heavy atom. The average Bonchev–Trinajstić information content (AvgIpc) is 3.00. The molecule has 0 bridgehead atoms. The van der Waals surface area contributed by atoms with Crippen molar-refractivity contribution in [3.8, 4) is 0 Å². The molecule has 5 nitrogen and oxygen atoms in total. The van der Waals surface area contributed by atoms with Crippen molar-refractivity contribution in [1.29, 1.82) is 0 Å². The van der Waals surface area contributed by atoms with Crippen molar-refractivity contribution >= 4 is 23.1 Å². The molecule has 2 aromatic heterocycles. The van der Waals surface area contributed by atoms with Crippen LogP contribution in [0.2, 0.25) is 0 Å². The molecule has 19 heavy (non-hydrogen) atoms. The van der Waals surface area contributed by atoms with Crippen LogP contribution >= 0.6 is 11.3 Å². The number of likely N-dealkylation sites (N-methyl/N-ethyl adjacent to an activating group) is 1. The number of nitrogens with two attached hydrogens (primary N) is 1. The molecule has 0 aromatic carbocycles. The zero-order valence-corrected chi connectivity index (χ0v) is 11.9. The molecule has 0 radical (unpaired) electrons. The Morgan fingerprint density at radius 1 is 1.58 bits per heavy atom. The van der Waals surface area contributed by atoms with Gasteiger partial charge in [-0.3, -0.25) is 9.48 Å².